The Morgan fingerprint density at radius 1 is 1.00 bits per heavy atom. The lowest BCUT2D eigenvalue weighted by atomic mass is 9.53. The van der Waals surface area contributed by atoms with E-state index in [2.05, 4.69) is 10.6 Å². The molecule has 3 nitrogen and oxygen atoms in total. The molecule has 0 aromatic heterocycles. The van der Waals surface area contributed by atoms with Crippen molar-refractivity contribution in [3.8, 4) is 0 Å². The lowest BCUT2D eigenvalue weighted by Crippen LogP contribution is -2.60. The average molecular weight is 276 g/mol. The second-order valence-corrected chi connectivity index (χ2v) is 8.14. The molecule has 4 saturated carbocycles. The molecule has 20 heavy (non-hydrogen) atoms. The van der Waals surface area contributed by atoms with Gasteiger partial charge in [-0.05, 0) is 88.1 Å². The van der Waals surface area contributed by atoms with Crippen LogP contribution in [0.5, 0.6) is 0 Å². The second-order valence-electron chi connectivity index (χ2n) is 8.14. The monoisotopic (exact) mass is 276 g/mol. The van der Waals surface area contributed by atoms with Crippen molar-refractivity contribution in [1.82, 2.24) is 10.6 Å². The van der Waals surface area contributed by atoms with Gasteiger partial charge in [-0.1, -0.05) is 0 Å². The summed E-state index contributed by atoms with van der Waals surface area (Å²) < 4.78 is 0. The Hall–Kier alpha value is -0.570. The quantitative estimate of drug-likeness (QED) is 0.831. The van der Waals surface area contributed by atoms with E-state index in [1.807, 2.05) is 0 Å². The van der Waals surface area contributed by atoms with Crippen LogP contribution in [-0.2, 0) is 4.79 Å². The predicted molar refractivity (Wildman–Crippen MR) is 79.3 cm³/mol. The van der Waals surface area contributed by atoms with Crippen molar-refractivity contribution in [2.75, 3.05) is 13.1 Å². The van der Waals surface area contributed by atoms with Crippen molar-refractivity contribution in [2.24, 2.45) is 23.7 Å². The Labute approximate surface area is 122 Å². The average Bonchev–Trinajstić information content (AvgIpc) is 2.37. The summed E-state index contributed by atoms with van der Waals surface area (Å²) in [6.07, 6.45) is 11.3. The molecule has 1 heterocycles. The van der Waals surface area contributed by atoms with Crippen LogP contribution < -0.4 is 10.6 Å². The molecule has 0 atom stereocenters. The van der Waals surface area contributed by atoms with Gasteiger partial charge in [0.05, 0.1) is 0 Å². The third kappa shape index (κ3) is 2.49. The van der Waals surface area contributed by atoms with E-state index in [4.69, 9.17) is 0 Å². The zero-order chi connectivity index (χ0) is 13.6. The van der Waals surface area contributed by atoms with E-state index in [9.17, 15) is 4.79 Å². The first kappa shape index (κ1) is 13.1. The van der Waals surface area contributed by atoms with Gasteiger partial charge >= 0.3 is 0 Å². The SMILES string of the molecule is O=C(CC1CCNCC1)NC12CC3CC(CC(C3)C1)C2. The fraction of sp³-hybridized carbons (Fsp3) is 0.941. The molecule has 0 aromatic rings. The van der Waals surface area contributed by atoms with Crippen molar-refractivity contribution in [3.63, 3.8) is 0 Å². The van der Waals surface area contributed by atoms with Gasteiger partial charge in [-0.2, -0.15) is 0 Å². The van der Waals surface area contributed by atoms with Crippen LogP contribution in [-0.4, -0.2) is 24.5 Å². The van der Waals surface area contributed by atoms with Crippen LogP contribution in [0.4, 0.5) is 0 Å². The van der Waals surface area contributed by atoms with Crippen molar-refractivity contribution >= 4 is 5.91 Å². The van der Waals surface area contributed by atoms with Gasteiger partial charge in [0.2, 0.25) is 5.91 Å². The minimum absolute atomic E-state index is 0.207. The summed E-state index contributed by atoms with van der Waals surface area (Å²) in [4.78, 5) is 12.5. The first-order valence-corrected chi connectivity index (χ1v) is 8.72. The summed E-state index contributed by atoms with van der Waals surface area (Å²) in [7, 11) is 0. The fourth-order valence-electron chi connectivity index (χ4n) is 5.96. The van der Waals surface area contributed by atoms with Crippen LogP contribution in [0.3, 0.4) is 0 Å². The van der Waals surface area contributed by atoms with Crippen LogP contribution in [0, 0.1) is 23.7 Å². The molecule has 1 aliphatic heterocycles. The summed E-state index contributed by atoms with van der Waals surface area (Å²) in [6.45, 7) is 2.19. The van der Waals surface area contributed by atoms with Crippen LogP contribution in [0.15, 0.2) is 0 Å². The Morgan fingerprint density at radius 3 is 2.10 bits per heavy atom. The summed E-state index contributed by atoms with van der Waals surface area (Å²) in [5.41, 5.74) is 0.207. The highest BCUT2D eigenvalue weighted by molar-refractivity contribution is 5.77. The number of hydrogen-bond acceptors (Lipinski definition) is 2. The zero-order valence-corrected chi connectivity index (χ0v) is 12.5. The van der Waals surface area contributed by atoms with Crippen molar-refractivity contribution in [2.45, 2.75) is 63.3 Å². The first-order valence-electron chi connectivity index (χ1n) is 8.72. The highest BCUT2D eigenvalue weighted by Gasteiger charge is 2.51. The molecule has 4 aliphatic carbocycles. The Kier molecular flexibility index (Phi) is 3.29. The zero-order valence-electron chi connectivity index (χ0n) is 12.5. The number of carbonyl (C=O) groups is 1. The number of hydrogen-bond donors (Lipinski definition) is 2. The standard InChI is InChI=1S/C17H28N2O/c20-16(8-12-1-3-18-4-2-12)19-17-9-13-5-14(10-17)7-15(6-13)11-17/h12-15,18H,1-11H2,(H,19,20). The van der Waals surface area contributed by atoms with E-state index >= 15 is 0 Å². The van der Waals surface area contributed by atoms with E-state index < -0.39 is 0 Å². The van der Waals surface area contributed by atoms with E-state index in [1.165, 1.54) is 51.4 Å². The molecule has 5 rings (SSSR count). The molecule has 0 spiro atoms. The molecule has 5 aliphatic rings. The van der Waals surface area contributed by atoms with E-state index in [-0.39, 0.29) is 5.54 Å². The number of piperidine rings is 1. The highest BCUT2D eigenvalue weighted by atomic mass is 16.1. The number of amides is 1. The molecule has 0 unspecified atom stereocenters. The molecular weight excluding hydrogens is 248 g/mol. The predicted octanol–water partition coefficient (Wildman–Crippen LogP) is 2.46. The number of rotatable bonds is 3. The molecule has 112 valence electrons. The Balaban J connectivity index is 1.37. The van der Waals surface area contributed by atoms with Crippen LogP contribution in [0.2, 0.25) is 0 Å². The minimum atomic E-state index is 0.207. The van der Waals surface area contributed by atoms with Crippen LogP contribution in [0.1, 0.15) is 57.8 Å². The van der Waals surface area contributed by atoms with Crippen LogP contribution >= 0.6 is 0 Å². The minimum Gasteiger partial charge on any atom is -0.351 e. The lowest BCUT2D eigenvalue weighted by Gasteiger charge is -2.57. The van der Waals surface area contributed by atoms with Crippen molar-refractivity contribution in [1.29, 1.82) is 0 Å². The van der Waals surface area contributed by atoms with Crippen molar-refractivity contribution < 1.29 is 4.79 Å². The summed E-state index contributed by atoms with van der Waals surface area (Å²) in [5.74, 6) is 3.71. The van der Waals surface area contributed by atoms with Gasteiger partial charge in [0.15, 0.2) is 0 Å². The van der Waals surface area contributed by atoms with Gasteiger partial charge in [0.1, 0.15) is 0 Å². The Bertz CT molecular complexity index is 351. The van der Waals surface area contributed by atoms with Gasteiger partial charge in [-0.25, -0.2) is 0 Å². The molecule has 2 N–H and O–H groups in total. The van der Waals surface area contributed by atoms with E-state index in [0.717, 1.165) is 37.3 Å². The highest BCUT2D eigenvalue weighted by Crippen LogP contribution is 2.55. The summed E-state index contributed by atoms with van der Waals surface area (Å²) in [5, 5.41) is 6.90. The fourth-order valence-corrected chi connectivity index (χ4v) is 5.96. The third-order valence-electron chi connectivity index (χ3n) is 6.38. The normalized spacial score (nSPS) is 43.7. The molecule has 0 radical (unpaired) electrons. The van der Waals surface area contributed by atoms with Gasteiger partial charge in [-0.3, -0.25) is 4.79 Å². The Morgan fingerprint density at radius 2 is 1.55 bits per heavy atom. The van der Waals surface area contributed by atoms with Crippen molar-refractivity contribution in [3.05, 3.63) is 0 Å². The molecule has 0 aromatic carbocycles. The molecule has 3 heteroatoms. The number of carbonyl (C=O) groups excluding carboxylic acids is 1. The number of nitrogens with one attached hydrogen (secondary N) is 2. The second kappa shape index (κ2) is 5.01. The maximum absolute atomic E-state index is 12.5. The topological polar surface area (TPSA) is 41.1 Å². The van der Waals surface area contributed by atoms with E-state index in [1.54, 1.807) is 0 Å². The first-order chi connectivity index (χ1) is 9.71. The van der Waals surface area contributed by atoms with E-state index in [0.29, 0.717) is 11.8 Å². The molecule has 1 saturated heterocycles. The third-order valence-corrected chi connectivity index (χ3v) is 6.38. The maximum atomic E-state index is 12.5. The van der Waals surface area contributed by atoms with Gasteiger partial charge in [-0.15, -0.1) is 0 Å². The van der Waals surface area contributed by atoms with Crippen LogP contribution in [0.25, 0.3) is 0 Å². The summed E-state index contributed by atoms with van der Waals surface area (Å²) >= 11 is 0. The molecular formula is C17H28N2O. The summed E-state index contributed by atoms with van der Waals surface area (Å²) in [6, 6.07) is 0. The van der Waals surface area contributed by atoms with Gasteiger partial charge < -0.3 is 10.6 Å². The molecule has 1 amide bonds. The van der Waals surface area contributed by atoms with Gasteiger partial charge in [0, 0.05) is 12.0 Å². The largest absolute Gasteiger partial charge is 0.351 e. The molecule has 5 fully saturated rings. The molecule has 4 bridgehead atoms. The lowest BCUT2D eigenvalue weighted by molar-refractivity contribution is -0.128. The maximum Gasteiger partial charge on any atom is 0.220 e. The smallest absolute Gasteiger partial charge is 0.220 e. The van der Waals surface area contributed by atoms with Gasteiger partial charge in [0.25, 0.3) is 0 Å².